The van der Waals surface area contributed by atoms with Crippen LogP contribution in [0, 0.1) is 5.82 Å². The van der Waals surface area contributed by atoms with Crippen molar-refractivity contribution >= 4 is 23.6 Å². The number of amides is 2. The van der Waals surface area contributed by atoms with Gasteiger partial charge in [-0.05, 0) is 48.2 Å². The fourth-order valence-electron chi connectivity index (χ4n) is 4.62. The Labute approximate surface area is 217 Å². The average molecular weight is 505 g/mol. The molecule has 0 bridgehead atoms. The van der Waals surface area contributed by atoms with Crippen molar-refractivity contribution in [3.8, 4) is 0 Å². The second kappa shape index (κ2) is 13.3. The molecule has 4 nitrogen and oxygen atoms in total. The van der Waals surface area contributed by atoms with Crippen LogP contribution in [0.4, 0.5) is 4.39 Å². The second-order valence-corrected chi connectivity index (χ2v) is 10.4. The van der Waals surface area contributed by atoms with E-state index >= 15 is 0 Å². The van der Waals surface area contributed by atoms with E-state index in [1.54, 1.807) is 28.8 Å². The molecule has 0 heterocycles. The number of hydrogen-bond donors (Lipinski definition) is 1. The number of nitrogens with zero attached hydrogens (tertiary/aromatic N) is 1. The summed E-state index contributed by atoms with van der Waals surface area (Å²) in [5.41, 5.74) is 1.80. The molecule has 0 spiro atoms. The average Bonchev–Trinajstić information content (AvgIpc) is 3.41. The number of carbonyl (C=O) groups is 2. The predicted molar refractivity (Wildman–Crippen MR) is 143 cm³/mol. The summed E-state index contributed by atoms with van der Waals surface area (Å²) in [4.78, 5) is 30.1. The fraction of sp³-hybridized carbons (Fsp3) is 0.333. The van der Waals surface area contributed by atoms with Crippen LogP contribution in [0.1, 0.15) is 43.2 Å². The molecule has 0 saturated heterocycles. The lowest BCUT2D eigenvalue weighted by Gasteiger charge is -2.32. The van der Waals surface area contributed by atoms with Gasteiger partial charge in [-0.3, -0.25) is 9.59 Å². The van der Waals surface area contributed by atoms with E-state index < -0.39 is 6.04 Å². The zero-order valence-electron chi connectivity index (χ0n) is 20.4. The highest BCUT2D eigenvalue weighted by molar-refractivity contribution is 7.99. The highest BCUT2D eigenvalue weighted by Crippen LogP contribution is 2.22. The van der Waals surface area contributed by atoms with Crippen molar-refractivity contribution in [1.29, 1.82) is 0 Å². The maximum absolute atomic E-state index is 13.6. The summed E-state index contributed by atoms with van der Waals surface area (Å²) in [5.74, 6) is 0.100. The van der Waals surface area contributed by atoms with E-state index in [0.29, 0.717) is 18.6 Å². The lowest BCUT2D eigenvalue weighted by atomic mass is 10.0. The van der Waals surface area contributed by atoms with Gasteiger partial charge in [-0.15, -0.1) is 11.8 Å². The van der Waals surface area contributed by atoms with E-state index in [1.165, 1.54) is 12.1 Å². The van der Waals surface area contributed by atoms with Crippen LogP contribution < -0.4 is 5.32 Å². The monoisotopic (exact) mass is 504 g/mol. The van der Waals surface area contributed by atoms with Gasteiger partial charge in [0.1, 0.15) is 11.9 Å². The van der Waals surface area contributed by atoms with E-state index in [2.05, 4.69) is 5.32 Å². The molecule has 1 atom stereocenters. The van der Waals surface area contributed by atoms with Crippen molar-refractivity contribution in [3.63, 3.8) is 0 Å². The number of hydrogen-bond acceptors (Lipinski definition) is 3. The molecule has 6 heteroatoms. The molecule has 4 rings (SSSR count). The van der Waals surface area contributed by atoms with Gasteiger partial charge in [-0.25, -0.2) is 4.39 Å². The Kier molecular flexibility index (Phi) is 9.56. The maximum Gasteiger partial charge on any atom is 0.243 e. The van der Waals surface area contributed by atoms with Gasteiger partial charge in [0.25, 0.3) is 0 Å². The molecule has 2 amide bonds. The first-order chi connectivity index (χ1) is 17.6. The minimum absolute atomic E-state index is 0.0785. The van der Waals surface area contributed by atoms with Crippen molar-refractivity contribution in [1.82, 2.24) is 10.2 Å². The Balaban J connectivity index is 1.56. The van der Waals surface area contributed by atoms with Crippen LogP contribution >= 0.6 is 11.8 Å². The first kappa shape index (κ1) is 26.0. The van der Waals surface area contributed by atoms with Gasteiger partial charge in [0.2, 0.25) is 11.8 Å². The molecule has 1 aliphatic carbocycles. The van der Waals surface area contributed by atoms with Crippen molar-refractivity contribution < 1.29 is 14.0 Å². The number of rotatable bonds is 11. The highest BCUT2D eigenvalue weighted by atomic mass is 32.2. The molecule has 0 radical (unpaired) electrons. The van der Waals surface area contributed by atoms with Gasteiger partial charge in [0, 0.05) is 36.1 Å². The predicted octanol–water partition coefficient (Wildman–Crippen LogP) is 6.01. The summed E-state index contributed by atoms with van der Waals surface area (Å²) in [6.45, 7) is 0.255. The largest absolute Gasteiger partial charge is 0.352 e. The quantitative estimate of drug-likeness (QED) is 0.326. The summed E-state index contributed by atoms with van der Waals surface area (Å²) >= 11 is 1.63. The van der Waals surface area contributed by atoms with Gasteiger partial charge >= 0.3 is 0 Å². The normalized spacial score (nSPS) is 14.4. The van der Waals surface area contributed by atoms with Crippen molar-refractivity contribution in [2.75, 3.05) is 5.75 Å². The number of benzene rings is 3. The zero-order chi connectivity index (χ0) is 25.2. The van der Waals surface area contributed by atoms with E-state index in [4.69, 9.17) is 0 Å². The first-order valence-corrected chi connectivity index (χ1v) is 13.6. The Morgan fingerprint density at radius 3 is 2.19 bits per heavy atom. The smallest absolute Gasteiger partial charge is 0.243 e. The Morgan fingerprint density at radius 2 is 1.53 bits per heavy atom. The van der Waals surface area contributed by atoms with Gasteiger partial charge in [-0.2, -0.15) is 0 Å². The van der Waals surface area contributed by atoms with Crippen LogP contribution in [0.15, 0.2) is 89.8 Å². The molecule has 3 aromatic carbocycles. The van der Waals surface area contributed by atoms with Crippen LogP contribution in [0.5, 0.6) is 0 Å². The minimum Gasteiger partial charge on any atom is -0.352 e. The first-order valence-electron chi connectivity index (χ1n) is 12.6. The zero-order valence-corrected chi connectivity index (χ0v) is 21.3. The molecule has 1 N–H and O–H groups in total. The molecule has 36 heavy (non-hydrogen) atoms. The molecule has 1 saturated carbocycles. The molecular formula is C30H33FN2O2S. The Hall–Kier alpha value is -3.12. The third-order valence-electron chi connectivity index (χ3n) is 6.57. The molecule has 0 aromatic heterocycles. The van der Waals surface area contributed by atoms with Crippen LogP contribution in [0.25, 0.3) is 0 Å². The van der Waals surface area contributed by atoms with Crippen molar-refractivity contribution in [2.24, 2.45) is 0 Å². The maximum atomic E-state index is 13.6. The number of halogens is 1. The summed E-state index contributed by atoms with van der Waals surface area (Å²) in [5, 5.41) is 3.21. The number of thioether (sulfide) groups is 1. The summed E-state index contributed by atoms with van der Waals surface area (Å²) in [7, 11) is 0. The molecule has 1 fully saturated rings. The van der Waals surface area contributed by atoms with E-state index in [-0.39, 0.29) is 30.2 Å². The van der Waals surface area contributed by atoms with Gasteiger partial charge < -0.3 is 10.2 Å². The number of carbonyl (C=O) groups excluding carboxylic acids is 2. The van der Waals surface area contributed by atoms with E-state index in [0.717, 1.165) is 41.7 Å². The van der Waals surface area contributed by atoms with Crippen LogP contribution in [-0.2, 0) is 22.6 Å². The van der Waals surface area contributed by atoms with E-state index in [9.17, 15) is 14.0 Å². The molecule has 1 aliphatic rings. The molecule has 188 valence electrons. The van der Waals surface area contributed by atoms with Gasteiger partial charge in [0.05, 0.1) is 0 Å². The van der Waals surface area contributed by atoms with Gasteiger partial charge in [0.15, 0.2) is 0 Å². The standard InChI is InChI=1S/C30H33FN2O2S/c31-25-17-15-24(16-18-25)22-33(29(34)19-20-36-27-13-5-2-6-14-27)28(21-23-9-3-1-4-10-23)30(35)32-26-11-7-8-12-26/h1-6,9-10,13-18,26,28H,7-8,11-12,19-22H2,(H,32,35). The number of nitrogens with one attached hydrogen (secondary N) is 1. The van der Waals surface area contributed by atoms with Crippen LogP contribution in [-0.4, -0.2) is 34.6 Å². The molecular weight excluding hydrogens is 471 g/mol. The lowest BCUT2D eigenvalue weighted by Crippen LogP contribution is -2.52. The summed E-state index contributed by atoms with van der Waals surface area (Å²) in [6.07, 6.45) is 4.92. The molecule has 1 unspecified atom stereocenters. The molecule has 0 aliphatic heterocycles. The van der Waals surface area contributed by atoms with Gasteiger partial charge in [-0.1, -0.05) is 73.5 Å². The second-order valence-electron chi connectivity index (χ2n) is 9.26. The topological polar surface area (TPSA) is 49.4 Å². The van der Waals surface area contributed by atoms with Crippen molar-refractivity contribution in [2.45, 2.75) is 62.0 Å². The fourth-order valence-corrected chi connectivity index (χ4v) is 5.49. The molecule has 3 aromatic rings. The third-order valence-corrected chi connectivity index (χ3v) is 7.58. The van der Waals surface area contributed by atoms with E-state index in [1.807, 2.05) is 60.7 Å². The Morgan fingerprint density at radius 1 is 0.889 bits per heavy atom. The third kappa shape index (κ3) is 7.69. The van der Waals surface area contributed by atoms with Crippen LogP contribution in [0.2, 0.25) is 0 Å². The SMILES string of the molecule is O=C(NC1CCCC1)C(Cc1ccccc1)N(Cc1ccc(F)cc1)C(=O)CCSc1ccccc1. The van der Waals surface area contributed by atoms with Crippen molar-refractivity contribution in [3.05, 3.63) is 102 Å². The Bertz CT molecular complexity index is 1100. The van der Waals surface area contributed by atoms with Crippen LogP contribution in [0.3, 0.4) is 0 Å². The highest BCUT2D eigenvalue weighted by Gasteiger charge is 2.32. The summed E-state index contributed by atoms with van der Waals surface area (Å²) in [6, 6.07) is 25.5. The minimum atomic E-state index is -0.646. The lowest BCUT2D eigenvalue weighted by molar-refractivity contribution is -0.141. The summed E-state index contributed by atoms with van der Waals surface area (Å²) < 4.78 is 13.6.